The van der Waals surface area contributed by atoms with Crippen LogP contribution in [-0.4, -0.2) is 51.5 Å². The van der Waals surface area contributed by atoms with Crippen LogP contribution in [0.5, 0.6) is 0 Å². The molecule has 5 rings (SSSR count). The Kier molecular flexibility index (Phi) is 4.92. The summed E-state index contributed by atoms with van der Waals surface area (Å²) in [7, 11) is 0. The second kappa shape index (κ2) is 7.85. The minimum atomic E-state index is 0.0599. The first-order valence-electron chi connectivity index (χ1n) is 10.7. The van der Waals surface area contributed by atoms with E-state index in [1.807, 2.05) is 23.4 Å². The van der Waals surface area contributed by atoms with Crippen LogP contribution in [-0.2, 0) is 0 Å². The van der Waals surface area contributed by atoms with Gasteiger partial charge in [-0.05, 0) is 37.5 Å². The molecule has 1 aliphatic heterocycles. The Labute approximate surface area is 171 Å². The van der Waals surface area contributed by atoms with Gasteiger partial charge in [0.1, 0.15) is 5.52 Å². The zero-order valence-electron chi connectivity index (χ0n) is 16.7. The number of rotatable bonds is 3. The number of carbonyl (C=O) groups excluding carboxylic acids is 1. The van der Waals surface area contributed by atoms with Gasteiger partial charge in [-0.25, -0.2) is 9.97 Å². The molecule has 2 fully saturated rings. The van der Waals surface area contributed by atoms with Gasteiger partial charge in [-0.2, -0.15) is 0 Å². The van der Waals surface area contributed by atoms with Crippen molar-refractivity contribution < 1.29 is 4.79 Å². The number of pyridine rings is 1. The standard InChI is InChI=1S/C23H27N5O/c29-23(27-12-6-11-26(13-14-27)19-7-2-1-3-8-19)18-15-21-22(24-16-18)28(17-25-21)20-9-4-5-10-20/h1-3,7-8,15-17,20H,4-6,9-14H2. The van der Waals surface area contributed by atoms with Gasteiger partial charge < -0.3 is 14.4 Å². The van der Waals surface area contributed by atoms with Crippen molar-refractivity contribution in [2.24, 2.45) is 0 Å². The van der Waals surface area contributed by atoms with Crippen LogP contribution in [0.25, 0.3) is 11.2 Å². The number of nitrogens with zero attached hydrogens (tertiary/aromatic N) is 5. The number of aromatic nitrogens is 3. The number of para-hydroxylation sites is 1. The molecule has 1 aliphatic carbocycles. The predicted octanol–water partition coefficient (Wildman–Crippen LogP) is 3.90. The lowest BCUT2D eigenvalue weighted by Gasteiger charge is -2.23. The number of hydrogen-bond acceptors (Lipinski definition) is 4. The zero-order chi connectivity index (χ0) is 19.6. The largest absolute Gasteiger partial charge is 0.370 e. The van der Waals surface area contributed by atoms with Crippen molar-refractivity contribution in [3.05, 3.63) is 54.5 Å². The Morgan fingerprint density at radius 2 is 1.76 bits per heavy atom. The van der Waals surface area contributed by atoms with E-state index in [0.29, 0.717) is 11.6 Å². The number of hydrogen-bond donors (Lipinski definition) is 0. The molecule has 6 heteroatoms. The molecule has 2 aromatic heterocycles. The maximum atomic E-state index is 13.1. The summed E-state index contributed by atoms with van der Waals surface area (Å²) >= 11 is 0. The molecule has 150 valence electrons. The van der Waals surface area contributed by atoms with Crippen molar-refractivity contribution in [3.63, 3.8) is 0 Å². The van der Waals surface area contributed by atoms with Crippen LogP contribution in [0, 0.1) is 0 Å². The summed E-state index contributed by atoms with van der Waals surface area (Å²) < 4.78 is 2.19. The van der Waals surface area contributed by atoms with Crippen LogP contribution in [0.1, 0.15) is 48.5 Å². The van der Waals surface area contributed by atoms with Gasteiger partial charge in [0.05, 0.1) is 11.9 Å². The lowest BCUT2D eigenvalue weighted by molar-refractivity contribution is 0.0767. The number of imidazole rings is 1. The molecule has 1 saturated carbocycles. The lowest BCUT2D eigenvalue weighted by Crippen LogP contribution is -2.35. The van der Waals surface area contributed by atoms with Crippen molar-refractivity contribution in [1.82, 2.24) is 19.4 Å². The van der Waals surface area contributed by atoms with E-state index in [0.717, 1.165) is 43.8 Å². The van der Waals surface area contributed by atoms with Crippen LogP contribution < -0.4 is 4.90 Å². The number of amides is 1. The van der Waals surface area contributed by atoms with Gasteiger partial charge in [0.25, 0.3) is 5.91 Å². The van der Waals surface area contributed by atoms with E-state index >= 15 is 0 Å². The van der Waals surface area contributed by atoms with Gasteiger partial charge in [-0.15, -0.1) is 0 Å². The second-order valence-electron chi connectivity index (χ2n) is 8.13. The lowest BCUT2D eigenvalue weighted by atomic mass is 10.2. The third kappa shape index (κ3) is 3.59. The van der Waals surface area contributed by atoms with E-state index in [9.17, 15) is 4.79 Å². The molecule has 2 aliphatic rings. The third-order valence-electron chi connectivity index (χ3n) is 6.28. The van der Waals surface area contributed by atoms with Gasteiger partial charge in [-0.3, -0.25) is 4.79 Å². The number of benzene rings is 1. The first-order valence-corrected chi connectivity index (χ1v) is 10.7. The maximum Gasteiger partial charge on any atom is 0.255 e. The Bertz CT molecular complexity index is 993. The SMILES string of the molecule is O=C(c1cnc2c(c1)ncn2C1CCCC1)N1CCCN(c2ccccc2)CC1. The average Bonchev–Trinajstić information content (AvgIpc) is 3.37. The molecule has 1 amide bonds. The second-order valence-corrected chi connectivity index (χ2v) is 8.13. The molecule has 0 bridgehead atoms. The van der Waals surface area contributed by atoms with Crippen molar-refractivity contribution in [1.29, 1.82) is 0 Å². The third-order valence-corrected chi connectivity index (χ3v) is 6.28. The fourth-order valence-electron chi connectivity index (χ4n) is 4.69. The molecule has 0 radical (unpaired) electrons. The maximum absolute atomic E-state index is 13.1. The molecule has 1 aromatic carbocycles. The van der Waals surface area contributed by atoms with E-state index in [1.54, 1.807) is 6.20 Å². The van der Waals surface area contributed by atoms with E-state index < -0.39 is 0 Å². The van der Waals surface area contributed by atoms with Gasteiger partial charge >= 0.3 is 0 Å². The summed E-state index contributed by atoms with van der Waals surface area (Å²) in [4.78, 5) is 26.6. The summed E-state index contributed by atoms with van der Waals surface area (Å²) in [6.07, 6.45) is 9.53. The highest BCUT2D eigenvalue weighted by atomic mass is 16.2. The number of carbonyl (C=O) groups is 1. The van der Waals surface area contributed by atoms with E-state index in [-0.39, 0.29) is 5.91 Å². The van der Waals surface area contributed by atoms with Crippen LogP contribution >= 0.6 is 0 Å². The van der Waals surface area contributed by atoms with Crippen LogP contribution in [0.2, 0.25) is 0 Å². The number of anilines is 1. The summed E-state index contributed by atoms with van der Waals surface area (Å²) in [6.45, 7) is 3.32. The predicted molar refractivity (Wildman–Crippen MR) is 114 cm³/mol. The van der Waals surface area contributed by atoms with Crippen molar-refractivity contribution in [2.75, 3.05) is 31.1 Å². The fraction of sp³-hybridized carbons (Fsp3) is 0.435. The molecule has 0 N–H and O–H groups in total. The molecule has 29 heavy (non-hydrogen) atoms. The topological polar surface area (TPSA) is 54.3 Å². The Morgan fingerprint density at radius 1 is 0.931 bits per heavy atom. The highest BCUT2D eigenvalue weighted by Gasteiger charge is 2.23. The molecular weight excluding hydrogens is 362 g/mol. The fourth-order valence-corrected chi connectivity index (χ4v) is 4.69. The smallest absolute Gasteiger partial charge is 0.255 e. The summed E-state index contributed by atoms with van der Waals surface area (Å²) in [6, 6.07) is 12.9. The van der Waals surface area contributed by atoms with E-state index in [1.165, 1.54) is 31.4 Å². The van der Waals surface area contributed by atoms with Crippen LogP contribution in [0.15, 0.2) is 48.9 Å². The summed E-state index contributed by atoms with van der Waals surface area (Å²) in [5.74, 6) is 0.0599. The molecule has 0 atom stereocenters. The van der Waals surface area contributed by atoms with Crippen molar-refractivity contribution in [3.8, 4) is 0 Å². The van der Waals surface area contributed by atoms with Gasteiger partial charge in [0, 0.05) is 44.1 Å². The molecule has 3 aromatic rings. The molecule has 0 unspecified atom stereocenters. The van der Waals surface area contributed by atoms with Crippen molar-refractivity contribution in [2.45, 2.75) is 38.1 Å². The van der Waals surface area contributed by atoms with E-state index in [2.05, 4.69) is 43.7 Å². The molecule has 0 spiro atoms. The monoisotopic (exact) mass is 389 g/mol. The van der Waals surface area contributed by atoms with E-state index in [4.69, 9.17) is 0 Å². The highest BCUT2D eigenvalue weighted by molar-refractivity contribution is 5.96. The van der Waals surface area contributed by atoms with Gasteiger partial charge in [-0.1, -0.05) is 31.0 Å². The number of fused-ring (bicyclic) bond motifs is 1. The summed E-state index contributed by atoms with van der Waals surface area (Å²) in [5.41, 5.74) is 3.59. The molecular formula is C23H27N5O. The summed E-state index contributed by atoms with van der Waals surface area (Å²) in [5, 5.41) is 0. The minimum Gasteiger partial charge on any atom is -0.370 e. The Balaban J connectivity index is 1.31. The van der Waals surface area contributed by atoms with Crippen molar-refractivity contribution >= 4 is 22.8 Å². The Hall–Kier alpha value is -2.89. The average molecular weight is 390 g/mol. The molecule has 3 heterocycles. The van der Waals surface area contributed by atoms with Gasteiger partial charge in [0.2, 0.25) is 0 Å². The molecule has 6 nitrogen and oxygen atoms in total. The first kappa shape index (κ1) is 18.2. The highest BCUT2D eigenvalue weighted by Crippen LogP contribution is 2.31. The normalized spacial score (nSPS) is 18.3. The Morgan fingerprint density at radius 3 is 2.59 bits per heavy atom. The first-order chi connectivity index (χ1) is 14.3. The van der Waals surface area contributed by atoms with Gasteiger partial charge in [0.15, 0.2) is 5.65 Å². The van der Waals surface area contributed by atoms with Crippen LogP contribution in [0.4, 0.5) is 5.69 Å². The molecule has 1 saturated heterocycles. The van der Waals surface area contributed by atoms with Crippen LogP contribution in [0.3, 0.4) is 0 Å². The zero-order valence-corrected chi connectivity index (χ0v) is 16.7. The quantitative estimate of drug-likeness (QED) is 0.682. The minimum absolute atomic E-state index is 0.0599.